The minimum Gasteiger partial charge on any atom is -0.455 e. The first kappa shape index (κ1) is 15.1. The highest BCUT2D eigenvalue weighted by Gasteiger charge is 2.75. The van der Waals surface area contributed by atoms with Crippen molar-refractivity contribution in [1.29, 1.82) is 0 Å². The molecule has 6 nitrogen and oxygen atoms in total. The van der Waals surface area contributed by atoms with Gasteiger partial charge in [0.05, 0.1) is 5.56 Å². The smallest absolute Gasteiger partial charge is 0.338 e. The van der Waals surface area contributed by atoms with E-state index in [2.05, 4.69) is 0 Å². The minimum absolute atomic E-state index is 0.295. The highest BCUT2D eigenvalue weighted by molar-refractivity contribution is 5.89. The Balaban J connectivity index is 1.49. The number of carbonyl (C=O) groups is 1. The van der Waals surface area contributed by atoms with Crippen LogP contribution in [0.4, 0.5) is 0 Å². The van der Waals surface area contributed by atoms with Crippen molar-refractivity contribution in [3.63, 3.8) is 0 Å². The maximum Gasteiger partial charge on any atom is 0.338 e. The topological polar surface area (TPSA) is 63.2 Å². The number of hydrogen-bond donors (Lipinski definition) is 0. The molecular formula is C17H20O6. The lowest BCUT2D eigenvalue weighted by Gasteiger charge is -2.23. The molecule has 3 fully saturated rings. The van der Waals surface area contributed by atoms with E-state index in [1.54, 1.807) is 31.4 Å². The molecule has 2 saturated heterocycles. The van der Waals surface area contributed by atoms with Crippen LogP contribution in [-0.4, -0.2) is 49.1 Å². The Morgan fingerprint density at radius 1 is 1.17 bits per heavy atom. The summed E-state index contributed by atoms with van der Waals surface area (Å²) in [4.78, 5) is 12.2. The third kappa shape index (κ3) is 2.37. The molecule has 1 aromatic rings. The molecule has 0 bridgehead atoms. The van der Waals surface area contributed by atoms with E-state index in [1.165, 1.54) is 0 Å². The summed E-state index contributed by atoms with van der Waals surface area (Å²) < 4.78 is 28.8. The molecule has 1 saturated carbocycles. The van der Waals surface area contributed by atoms with Gasteiger partial charge in [-0.25, -0.2) is 4.79 Å². The van der Waals surface area contributed by atoms with Crippen molar-refractivity contribution in [2.75, 3.05) is 7.11 Å². The molecule has 23 heavy (non-hydrogen) atoms. The summed E-state index contributed by atoms with van der Waals surface area (Å²) in [5.74, 6) is -1.05. The summed E-state index contributed by atoms with van der Waals surface area (Å²) in [5.41, 5.74) is -0.139. The number of esters is 1. The zero-order valence-corrected chi connectivity index (χ0v) is 13.4. The fraction of sp³-hybridized carbons (Fsp3) is 0.588. The van der Waals surface area contributed by atoms with Gasteiger partial charge in [-0.05, 0) is 26.0 Å². The Bertz CT molecular complexity index is 615. The highest BCUT2D eigenvalue weighted by Crippen LogP contribution is 2.57. The number of hydrogen-bond acceptors (Lipinski definition) is 6. The monoisotopic (exact) mass is 320 g/mol. The van der Waals surface area contributed by atoms with Gasteiger partial charge in [0.2, 0.25) is 0 Å². The lowest BCUT2D eigenvalue weighted by Crippen LogP contribution is -2.35. The van der Waals surface area contributed by atoms with Gasteiger partial charge in [0.15, 0.2) is 12.1 Å². The Labute approximate surface area is 134 Å². The lowest BCUT2D eigenvalue weighted by molar-refractivity contribution is -0.236. The minimum atomic E-state index is -0.695. The fourth-order valence-electron chi connectivity index (χ4n) is 3.47. The SMILES string of the molecule is COC1O[C@@]2(C[C@@H]2OC(=O)c2ccccc2)C2OC(C)(C)O[C@H]12. The van der Waals surface area contributed by atoms with Crippen molar-refractivity contribution >= 4 is 5.97 Å². The van der Waals surface area contributed by atoms with Gasteiger partial charge in [-0.15, -0.1) is 0 Å². The van der Waals surface area contributed by atoms with Gasteiger partial charge in [-0.3, -0.25) is 0 Å². The van der Waals surface area contributed by atoms with Crippen molar-refractivity contribution in [3.8, 4) is 0 Å². The van der Waals surface area contributed by atoms with Crippen molar-refractivity contribution in [1.82, 2.24) is 0 Å². The number of rotatable bonds is 3. The maximum atomic E-state index is 12.2. The van der Waals surface area contributed by atoms with E-state index in [0.717, 1.165) is 0 Å². The van der Waals surface area contributed by atoms with Gasteiger partial charge in [0, 0.05) is 13.5 Å². The number of carbonyl (C=O) groups excluding carboxylic acids is 1. The van der Waals surface area contributed by atoms with E-state index in [4.69, 9.17) is 23.7 Å². The summed E-state index contributed by atoms with van der Waals surface area (Å²) in [6, 6.07) is 8.92. The molecule has 0 N–H and O–H groups in total. The summed E-state index contributed by atoms with van der Waals surface area (Å²) >= 11 is 0. The first-order valence-corrected chi connectivity index (χ1v) is 7.77. The summed E-state index contributed by atoms with van der Waals surface area (Å²) in [5, 5.41) is 0. The van der Waals surface area contributed by atoms with Crippen LogP contribution >= 0.6 is 0 Å². The highest BCUT2D eigenvalue weighted by atomic mass is 16.8. The van der Waals surface area contributed by atoms with E-state index in [0.29, 0.717) is 12.0 Å². The molecule has 3 aliphatic rings. The van der Waals surface area contributed by atoms with Crippen LogP contribution in [0, 0.1) is 0 Å². The van der Waals surface area contributed by atoms with Crippen LogP contribution in [-0.2, 0) is 23.7 Å². The van der Waals surface area contributed by atoms with E-state index in [1.807, 2.05) is 19.9 Å². The molecule has 1 aromatic carbocycles. The molecule has 4 rings (SSSR count). The second kappa shape index (κ2) is 5.01. The number of ether oxygens (including phenoxy) is 5. The van der Waals surface area contributed by atoms with Gasteiger partial charge in [-0.1, -0.05) is 18.2 Å². The zero-order valence-electron chi connectivity index (χ0n) is 13.4. The molecule has 1 aliphatic carbocycles. The van der Waals surface area contributed by atoms with Crippen LogP contribution in [0.1, 0.15) is 30.6 Å². The quantitative estimate of drug-likeness (QED) is 0.793. The van der Waals surface area contributed by atoms with E-state index >= 15 is 0 Å². The van der Waals surface area contributed by atoms with Crippen LogP contribution in [0.5, 0.6) is 0 Å². The normalized spacial score (nSPS) is 40.1. The number of fused-ring (bicyclic) bond motifs is 2. The van der Waals surface area contributed by atoms with Crippen LogP contribution in [0.15, 0.2) is 30.3 Å². The maximum absolute atomic E-state index is 12.2. The number of benzene rings is 1. The van der Waals surface area contributed by atoms with E-state index < -0.39 is 17.7 Å². The van der Waals surface area contributed by atoms with Gasteiger partial charge >= 0.3 is 5.97 Å². The van der Waals surface area contributed by atoms with E-state index in [-0.39, 0.29) is 24.3 Å². The molecule has 1 spiro atoms. The molecular weight excluding hydrogens is 300 g/mol. The van der Waals surface area contributed by atoms with Gasteiger partial charge < -0.3 is 23.7 Å². The summed E-state index contributed by atoms with van der Waals surface area (Å²) in [6.07, 6.45) is -0.875. The van der Waals surface area contributed by atoms with Crippen molar-refractivity contribution in [2.24, 2.45) is 0 Å². The third-order valence-corrected chi connectivity index (χ3v) is 4.59. The Kier molecular flexibility index (Phi) is 3.29. The average Bonchev–Trinajstić information content (AvgIpc) is 3.00. The van der Waals surface area contributed by atoms with Crippen LogP contribution in [0.2, 0.25) is 0 Å². The molecule has 2 aliphatic heterocycles. The number of methoxy groups -OCH3 is 1. The largest absolute Gasteiger partial charge is 0.455 e. The molecule has 6 heteroatoms. The molecule has 124 valence electrons. The zero-order chi connectivity index (χ0) is 16.2. The lowest BCUT2D eigenvalue weighted by atomic mass is 10.1. The standard InChI is InChI=1S/C17H20O6/c1-16(2)21-12-13(22-16)17(23-15(12)19-3)9-11(17)20-14(18)10-7-5-4-6-8-10/h4-8,11-13,15H,9H2,1-3H3/t11-,12-,13?,15?,17+/m0/s1. The molecule has 0 aromatic heterocycles. The van der Waals surface area contributed by atoms with Gasteiger partial charge in [0.25, 0.3) is 0 Å². The molecule has 0 amide bonds. The van der Waals surface area contributed by atoms with Crippen molar-refractivity contribution in [2.45, 2.75) is 56.3 Å². The molecule has 2 unspecified atom stereocenters. The van der Waals surface area contributed by atoms with Crippen LogP contribution in [0.25, 0.3) is 0 Å². The summed E-state index contributed by atoms with van der Waals surface area (Å²) in [7, 11) is 1.57. The van der Waals surface area contributed by atoms with Gasteiger partial charge in [-0.2, -0.15) is 0 Å². The first-order chi connectivity index (χ1) is 11.0. The Morgan fingerprint density at radius 3 is 2.61 bits per heavy atom. The van der Waals surface area contributed by atoms with Crippen molar-refractivity contribution in [3.05, 3.63) is 35.9 Å². The third-order valence-electron chi connectivity index (χ3n) is 4.59. The second-order valence-electron chi connectivity index (χ2n) is 6.66. The molecule has 5 atom stereocenters. The predicted octanol–water partition coefficient (Wildman–Crippen LogP) is 1.88. The Hall–Kier alpha value is -1.47. The molecule has 2 heterocycles. The fourth-order valence-corrected chi connectivity index (χ4v) is 3.47. The van der Waals surface area contributed by atoms with Gasteiger partial charge in [0.1, 0.15) is 23.9 Å². The average molecular weight is 320 g/mol. The molecule has 0 radical (unpaired) electrons. The Morgan fingerprint density at radius 2 is 1.91 bits per heavy atom. The summed E-state index contributed by atoms with van der Waals surface area (Å²) in [6.45, 7) is 3.72. The van der Waals surface area contributed by atoms with Crippen molar-refractivity contribution < 1.29 is 28.5 Å². The van der Waals surface area contributed by atoms with E-state index in [9.17, 15) is 4.79 Å². The predicted molar refractivity (Wildman–Crippen MR) is 78.7 cm³/mol. The second-order valence-corrected chi connectivity index (χ2v) is 6.66. The van der Waals surface area contributed by atoms with Crippen LogP contribution in [0.3, 0.4) is 0 Å². The van der Waals surface area contributed by atoms with Crippen LogP contribution < -0.4 is 0 Å². The first-order valence-electron chi connectivity index (χ1n) is 7.77.